The van der Waals surface area contributed by atoms with E-state index in [1.54, 1.807) is 0 Å². The molecule has 2 N–H and O–H groups in total. The number of aromatic nitrogens is 2. The largest absolute Gasteiger partial charge is 0.454 e. The summed E-state index contributed by atoms with van der Waals surface area (Å²) in [7, 11) is 0. The van der Waals surface area contributed by atoms with Crippen molar-refractivity contribution in [1.29, 1.82) is 0 Å². The summed E-state index contributed by atoms with van der Waals surface area (Å²) < 4.78 is 10.8. The summed E-state index contributed by atoms with van der Waals surface area (Å²) in [6.45, 7) is 6.31. The lowest BCUT2D eigenvalue weighted by Crippen LogP contribution is -2.47. The molecule has 9 heteroatoms. The Hall–Kier alpha value is -3.46. The number of hydrogen-bond donors (Lipinski definition) is 2. The summed E-state index contributed by atoms with van der Waals surface area (Å²) in [5.74, 6) is 0.691. The number of nitrogens with one attached hydrogen (secondary N) is 2. The van der Waals surface area contributed by atoms with E-state index in [0.29, 0.717) is 27.2 Å². The first-order chi connectivity index (χ1) is 17.5. The summed E-state index contributed by atoms with van der Waals surface area (Å²) in [6.07, 6.45) is 5.24. The molecule has 190 valence electrons. The maximum absolute atomic E-state index is 13.2. The molecule has 36 heavy (non-hydrogen) atoms. The van der Waals surface area contributed by atoms with Gasteiger partial charge < -0.3 is 14.8 Å². The number of ether oxygens (including phenoxy) is 2. The average molecular weight is 509 g/mol. The Bertz CT molecular complexity index is 1190. The molecule has 0 aliphatic carbocycles. The molecule has 0 fully saturated rings. The van der Waals surface area contributed by atoms with Gasteiger partial charge in [-0.15, -0.1) is 10.2 Å². The minimum absolute atomic E-state index is 0.0662. The highest BCUT2D eigenvalue weighted by molar-refractivity contribution is 7.18. The number of unbranched alkanes of at least 4 members (excludes halogenated alkanes) is 2. The van der Waals surface area contributed by atoms with Gasteiger partial charge in [0.2, 0.25) is 17.8 Å². The summed E-state index contributed by atoms with van der Waals surface area (Å²) in [5, 5.41) is 15.1. The van der Waals surface area contributed by atoms with Crippen LogP contribution in [-0.2, 0) is 11.2 Å². The molecule has 2 heterocycles. The van der Waals surface area contributed by atoms with Crippen molar-refractivity contribution in [2.45, 2.75) is 58.9 Å². The molecule has 3 aromatic rings. The van der Waals surface area contributed by atoms with Crippen LogP contribution in [0.2, 0.25) is 0 Å². The number of fused-ring (bicyclic) bond motifs is 1. The zero-order valence-corrected chi connectivity index (χ0v) is 21.7. The molecule has 2 amide bonds. The Morgan fingerprint density at radius 3 is 2.56 bits per heavy atom. The number of amides is 2. The molecule has 0 saturated carbocycles. The molecule has 0 bridgehead atoms. The number of aryl methyl sites for hydroxylation is 1. The third-order valence-corrected chi connectivity index (χ3v) is 7.23. The van der Waals surface area contributed by atoms with E-state index >= 15 is 0 Å². The summed E-state index contributed by atoms with van der Waals surface area (Å²) in [5.41, 5.74) is 2.57. The van der Waals surface area contributed by atoms with Gasteiger partial charge in [0.25, 0.3) is 5.91 Å². The fourth-order valence-electron chi connectivity index (χ4n) is 3.93. The lowest BCUT2D eigenvalue weighted by atomic mass is 9.97. The van der Waals surface area contributed by atoms with Gasteiger partial charge in [-0.05, 0) is 54.7 Å². The minimum Gasteiger partial charge on any atom is -0.454 e. The Labute approximate surface area is 215 Å². The number of carbonyl (C=O) groups excluding carboxylic acids is 2. The molecule has 2 atom stereocenters. The first kappa shape index (κ1) is 25.6. The second-order valence-electron chi connectivity index (χ2n) is 8.96. The highest BCUT2D eigenvalue weighted by Crippen LogP contribution is 2.37. The van der Waals surface area contributed by atoms with Crippen LogP contribution in [0.4, 0.5) is 5.13 Å². The number of nitrogens with zero attached hydrogens (tertiary/aromatic N) is 2. The Kier molecular flexibility index (Phi) is 8.53. The van der Waals surface area contributed by atoms with Crippen molar-refractivity contribution in [1.82, 2.24) is 15.5 Å². The van der Waals surface area contributed by atoms with Crippen LogP contribution in [0.25, 0.3) is 10.6 Å². The van der Waals surface area contributed by atoms with Crippen LogP contribution < -0.4 is 20.1 Å². The molecule has 1 aromatic heterocycles. The van der Waals surface area contributed by atoms with Gasteiger partial charge in [-0.3, -0.25) is 14.9 Å². The zero-order valence-electron chi connectivity index (χ0n) is 20.9. The molecule has 0 radical (unpaired) electrons. The van der Waals surface area contributed by atoms with E-state index in [0.717, 1.165) is 24.8 Å². The lowest BCUT2D eigenvalue weighted by Gasteiger charge is -2.23. The number of carbonyl (C=O) groups is 2. The molecular weight excluding hydrogens is 476 g/mol. The molecule has 0 spiro atoms. The van der Waals surface area contributed by atoms with Crippen LogP contribution in [0.1, 0.15) is 62.4 Å². The zero-order chi connectivity index (χ0) is 25.5. The fourth-order valence-corrected chi connectivity index (χ4v) is 4.67. The molecule has 1 aliphatic heterocycles. The highest BCUT2D eigenvalue weighted by Gasteiger charge is 2.27. The van der Waals surface area contributed by atoms with Crippen LogP contribution in [0.15, 0.2) is 42.5 Å². The van der Waals surface area contributed by atoms with Crippen LogP contribution >= 0.6 is 11.3 Å². The number of rotatable bonds is 11. The predicted octanol–water partition coefficient (Wildman–Crippen LogP) is 5.45. The van der Waals surface area contributed by atoms with Crippen molar-refractivity contribution in [3.63, 3.8) is 0 Å². The van der Waals surface area contributed by atoms with E-state index in [4.69, 9.17) is 9.47 Å². The predicted molar refractivity (Wildman–Crippen MR) is 140 cm³/mol. The highest BCUT2D eigenvalue weighted by atomic mass is 32.1. The number of benzene rings is 2. The normalized spacial score (nSPS) is 13.8. The standard InChI is InChI=1S/C27H32N4O4S/c1-4-6-7-8-18-9-11-19(12-10-18)24(32)28-23(17(3)5-2)25(33)29-27-31-30-26(36-27)20-13-14-21-22(15-20)35-16-34-21/h9-15,17,23H,4-8,16H2,1-3H3,(H,28,32)(H,29,31,33)/t17-,23+/m0/s1. The van der Waals surface area contributed by atoms with E-state index in [1.165, 1.54) is 29.7 Å². The van der Waals surface area contributed by atoms with Gasteiger partial charge >= 0.3 is 0 Å². The molecule has 1 aliphatic rings. The van der Waals surface area contributed by atoms with Gasteiger partial charge in [0.15, 0.2) is 11.5 Å². The van der Waals surface area contributed by atoms with Gasteiger partial charge in [-0.25, -0.2) is 0 Å². The van der Waals surface area contributed by atoms with Crippen LogP contribution in [-0.4, -0.2) is 34.8 Å². The molecular formula is C27H32N4O4S. The van der Waals surface area contributed by atoms with Gasteiger partial charge in [-0.1, -0.05) is 63.5 Å². The quantitative estimate of drug-likeness (QED) is 0.334. The number of anilines is 1. The van der Waals surface area contributed by atoms with Gasteiger partial charge in [0.05, 0.1) is 0 Å². The van der Waals surface area contributed by atoms with Crippen molar-refractivity contribution in [2.24, 2.45) is 5.92 Å². The van der Waals surface area contributed by atoms with Crippen LogP contribution in [0.5, 0.6) is 11.5 Å². The number of hydrogen-bond acceptors (Lipinski definition) is 7. The minimum atomic E-state index is -0.704. The Morgan fingerprint density at radius 1 is 1.03 bits per heavy atom. The monoisotopic (exact) mass is 508 g/mol. The second kappa shape index (κ2) is 12.0. The summed E-state index contributed by atoms with van der Waals surface area (Å²) >= 11 is 1.26. The van der Waals surface area contributed by atoms with Gasteiger partial charge in [0.1, 0.15) is 11.0 Å². The van der Waals surface area contributed by atoms with Crippen molar-refractivity contribution < 1.29 is 19.1 Å². The molecule has 0 unspecified atom stereocenters. The molecule has 0 saturated heterocycles. The van der Waals surface area contributed by atoms with E-state index in [-0.39, 0.29) is 24.5 Å². The summed E-state index contributed by atoms with van der Waals surface area (Å²) in [4.78, 5) is 26.1. The lowest BCUT2D eigenvalue weighted by molar-refractivity contribution is -0.119. The van der Waals surface area contributed by atoms with Crippen molar-refractivity contribution in [3.8, 4) is 22.1 Å². The van der Waals surface area contributed by atoms with E-state index in [9.17, 15) is 9.59 Å². The third-order valence-electron chi connectivity index (χ3n) is 6.34. The SMILES string of the molecule is CCCCCc1ccc(C(=O)N[C@@H](C(=O)Nc2nnc(-c3ccc4c(c3)OCO4)s2)[C@@H](C)CC)cc1. The maximum Gasteiger partial charge on any atom is 0.251 e. The second-order valence-corrected chi connectivity index (χ2v) is 9.94. The Balaban J connectivity index is 1.40. The average Bonchev–Trinajstić information content (AvgIpc) is 3.56. The van der Waals surface area contributed by atoms with Crippen LogP contribution in [0.3, 0.4) is 0 Å². The summed E-state index contributed by atoms with van der Waals surface area (Å²) in [6, 6.07) is 12.5. The first-order valence-corrected chi connectivity index (χ1v) is 13.2. The Morgan fingerprint density at radius 2 is 1.81 bits per heavy atom. The maximum atomic E-state index is 13.2. The van der Waals surface area contributed by atoms with Gasteiger partial charge in [0, 0.05) is 11.1 Å². The molecule has 2 aromatic carbocycles. The topological polar surface area (TPSA) is 102 Å². The van der Waals surface area contributed by atoms with Crippen molar-refractivity contribution in [3.05, 3.63) is 53.6 Å². The van der Waals surface area contributed by atoms with E-state index in [1.807, 2.05) is 56.3 Å². The molecule has 4 rings (SSSR count). The van der Waals surface area contributed by atoms with Crippen molar-refractivity contribution >= 4 is 28.3 Å². The van der Waals surface area contributed by atoms with Gasteiger partial charge in [-0.2, -0.15) is 0 Å². The van der Waals surface area contributed by atoms with E-state index < -0.39 is 6.04 Å². The fraction of sp³-hybridized carbons (Fsp3) is 0.407. The van der Waals surface area contributed by atoms with E-state index in [2.05, 4.69) is 27.8 Å². The molecule has 8 nitrogen and oxygen atoms in total. The first-order valence-electron chi connectivity index (χ1n) is 12.4. The van der Waals surface area contributed by atoms with Crippen molar-refractivity contribution in [2.75, 3.05) is 12.1 Å². The van der Waals surface area contributed by atoms with Crippen LogP contribution in [0, 0.1) is 5.92 Å². The smallest absolute Gasteiger partial charge is 0.251 e. The third kappa shape index (κ3) is 6.20.